The number of nitrogens with zero attached hydrogens (tertiary/aromatic N) is 4. The van der Waals surface area contributed by atoms with Gasteiger partial charge in [0.15, 0.2) is 0 Å². The van der Waals surface area contributed by atoms with Crippen LogP contribution in [0.1, 0.15) is 30.5 Å². The number of hydrogen-bond donors (Lipinski definition) is 1. The molecule has 9 nitrogen and oxygen atoms in total. The Labute approximate surface area is 166 Å². The van der Waals surface area contributed by atoms with Crippen LogP contribution in [-0.2, 0) is 21.8 Å². The molecule has 0 aliphatic rings. The fourth-order valence-electron chi connectivity index (χ4n) is 2.29. The highest BCUT2D eigenvalue weighted by atomic mass is 32.2. The molecule has 0 saturated carbocycles. The average molecular weight is 426 g/mol. The summed E-state index contributed by atoms with van der Waals surface area (Å²) in [4.78, 5) is 25.6. The summed E-state index contributed by atoms with van der Waals surface area (Å²) in [5, 5.41) is 14.5. The van der Waals surface area contributed by atoms with Crippen LogP contribution in [0.3, 0.4) is 0 Å². The fraction of sp³-hybridized carbons (Fsp3) is 0.267. The van der Waals surface area contributed by atoms with Crippen LogP contribution in [0.15, 0.2) is 22.7 Å². The van der Waals surface area contributed by atoms with Gasteiger partial charge in [-0.2, -0.15) is 0 Å². The largest absolute Gasteiger partial charge is 0.465 e. The number of nitrogens with two attached hydrogens (primary N) is 1. The first kappa shape index (κ1) is 19.3. The zero-order valence-electron chi connectivity index (χ0n) is 14.4. The molecule has 0 saturated heterocycles. The van der Waals surface area contributed by atoms with Gasteiger partial charge in [0.2, 0.25) is 5.16 Å². The second kappa shape index (κ2) is 8.50. The highest BCUT2D eigenvalue weighted by Gasteiger charge is 2.27. The molecule has 12 heteroatoms. The highest BCUT2D eigenvalue weighted by molar-refractivity contribution is 7.98. The minimum Gasteiger partial charge on any atom is -0.465 e. The van der Waals surface area contributed by atoms with Crippen molar-refractivity contribution >= 4 is 51.4 Å². The Kier molecular flexibility index (Phi) is 6.08. The molecule has 3 rings (SSSR count). The Morgan fingerprint density at radius 2 is 2.07 bits per heavy atom. The molecule has 2 N–H and O–H groups in total. The SMILES string of the molecule is COC(=O)c1sc(N)c(C(=O)OC)c1CSc1nnnn1Cc1cccs1. The van der Waals surface area contributed by atoms with Gasteiger partial charge in [-0.05, 0) is 21.9 Å². The number of tetrazole rings is 1. The van der Waals surface area contributed by atoms with E-state index in [9.17, 15) is 9.59 Å². The number of anilines is 1. The topological polar surface area (TPSA) is 122 Å². The van der Waals surface area contributed by atoms with Crippen molar-refractivity contribution in [2.75, 3.05) is 20.0 Å². The number of nitrogen functional groups attached to an aromatic ring is 1. The first-order chi connectivity index (χ1) is 13.0. The van der Waals surface area contributed by atoms with E-state index in [1.165, 1.54) is 26.0 Å². The van der Waals surface area contributed by atoms with Crippen molar-refractivity contribution in [2.45, 2.75) is 17.5 Å². The molecule has 0 aliphatic heterocycles. The van der Waals surface area contributed by atoms with Gasteiger partial charge in [0.25, 0.3) is 0 Å². The van der Waals surface area contributed by atoms with Crippen LogP contribution in [0.5, 0.6) is 0 Å². The van der Waals surface area contributed by atoms with Crippen molar-refractivity contribution in [3.8, 4) is 0 Å². The van der Waals surface area contributed by atoms with Gasteiger partial charge in [-0.3, -0.25) is 0 Å². The minimum absolute atomic E-state index is 0.174. The summed E-state index contributed by atoms with van der Waals surface area (Å²) in [7, 11) is 2.53. The van der Waals surface area contributed by atoms with E-state index in [2.05, 4.69) is 15.5 Å². The lowest BCUT2D eigenvalue weighted by molar-refractivity contribution is 0.0601. The quantitative estimate of drug-likeness (QED) is 0.448. The van der Waals surface area contributed by atoms with E-state index >= 15 is 0 Å². The Balaban J connectivity index is 1.87. The number of esters is 2. The van der Waals surface area contributed by atoms with Gasteiger partial charge in [-0.15, -0.1) is 27.8 Å². The van der Waals surface area contributed by atoms with E-state index < -0.39 is 11.9 Å². The number of thioether (sulfide) groups is 1. The van der Waals surface area contributed by atoms with Gasteiger partial charge in [-0.1, -0.05) is 17.8 Å². The number of aromatic nitrogens is 4. The molecule has 3 aromatic rings. The van der Waals surface area contributed by atoms with E-state index in [0.717, 1.165) is 16.2 Å². The van der Waals surface area contributed by atoms with Gasteiger partial charge in [0.05, 0.1) is 26.3 Å². The molecular formula is C15H15N5O4S3. The number of ether oxygens (including phenoxy) is 2. The third kappa shape index (κ3) is 4.12. The van der Waals surface area contributed by atoms with Crippen molar-refractivity contribution in [1.29, 1.82) is 0 Å². The van der Waals surface area contributed by atoms with Crippen LogP contribution in [0.25, 0.3) is 0 Å². The molecule has 3 heterocycles. The van der Waals surface area contributed by atoms with E-state index in [4.69, 9.17) is 15.2 Å². The van der Waals surface area contributed by atoms with Gasteiger partial charge in [0, 0.05) is 16.2 Å². The smallest absolute Gasteiger partial charge is 0.348 e. The van der Waals surface area contributed by atoms with Crippen LogP contribution in [0.2, 0.25) is 0 Å². The van der Waals surface area contributed by atoms with Crippen LogP contribution < -0.4 is 5.73 Å². The lowest BCUT2D eigenvalue weighted by Crippen LogP contribution is -2.09. The van der Waals surface area contributed by atoms with E-state index in [1.807, 2.05) is 17.5 Å². The van der Waals surface area contributed by atoms with Crippen LogP contribution in [0.4, 0.5) is 5.00 Å². The zero-order valence-corrected chi connectivity index (χ0v) is 16.8. The number of hydrogen-bond acceptors (Lipinski definition) is 11. The van der Waals surface area contributed by atoms with Crippen molar-refractivity contribution in [3.05, 3.63) is 38.4 Å². The summed E-state index contributed by atoms with van der Waals surface area (Å²) in [6.45, 7) is 0.534. The lowest BCUT2D eigenvalue weighted by atomic mass is 10.1. The summed E-state index contributed by atoms with van der Waals surface area (Å²) in [5.74, 6) is -0.906. The fourth-order valence-corrected chi connectivity index (χ4v) is 4.97. The molecule has 0 radical (unpaired) electrons. The standard InChI is InChI=1S/C15H15N5O4S3/c1-23-13(21)10-9(11(14(22)24-2)27-12(10)16)7-26-15-17-18-19-20(15)6-8-4-3-5-25-8/h3-5H,6-7,16H2,1-2H3. The van der Waals surface area contributed by atoms with Crippen molar-refractivity contribution in [3.63, 3.8) is 0 Å². The summed E-state index contributed by atoms with van der Waals surface area (Å²) < 4.78 is 11.3. The van der Waals surface area contributed by atoms with Gasteiger partial charge < -0.3 is 15.2 Å². The molecule has 0 spiro atoms. The Hall–Kier alpha value is -2.44. The molecule has 0 bridgehead atoms. The molecule has 142 valence electrons. The maximum Gasteiger partial charge on any atom is 0.348 e. The second-order valence-electron chi connectivity index (χ2n) is 5.12. The monoisotopic (exact) mass is 425 g/mol. The summed E-state index contributed by atoms with van der Waals surface area (Å²) in [6.07, 6.45) is 0. The van der Waals surface area contributed by atoms with Gasteiger partial charge >= 0.3 is 11.9 Å². The first-order valence-corrected chi connectivity index (χ1v) is 10.2. The van der Waals surface area contributed by atoms with Crippen molar-refractivity contribution in [1.82, 2.24) is 20.2 Å². The normalized spacial score (nSPS) is 10.7. The molecule has 3 aromatic heterocycles. The molecule has 0 fully saturated rings. The number of carbonyl (C=O) groups is 2. The molecule has 0 aromatic carbocycles. The number of methoxy groups -OCH3 is 2. The van der Waals surface area contributed by atoms with Crippen LogP contribution >= 0.6 is 34.4 Å². The van der Waals surface area contributed by atoms with Crippen LogP contribution in [-0.4, -0.2) is 46.4 Å². The molecule has 0 amide bonds. The third-order valence-electron chi connectivity index (χ3n) is 3.52. The maximum absolute atomic E-state index is 12.1. The molecule has 27 heavy (non-hydrogen) atoms. The van der Waals surface area contributed by atoms with Gasteiger partial charge in [-0.25, -0.2) is 14.3 Å². The number of thiophene rings is 2. The first-order valence-electron chi connectivity index (χ1n) is 7.54. The number of rotatable bonds is 7. The predicted molar refractivity (Wildman–Crippen MR) is 102 cm³/mol. The third-order valence-corrected chi connectivity index (χ3v) is 6.41. The van der Waals surface area contributed by atoms with E-state index in [1.54, 1.807) is 16.0 Å². The summed E-state index contributed by atoms with van der Waals surface area (Å²) >= 11 is 3.89. The van der Waals surface area contributed by atoms with Crippen molar-refractivity contribution in [2.24, 2.45) is 0 Å². The zero-order chi connectivity index (χ0) is 19.4. The molecular weight excluding hydrogens is 410 g/mol. The van der Waals surface area contributed by atoms with E-state index in [-0.39, 0.29) is 21.2 Å². The summed E-state index contributed by atoms with van der Waals surface area (Å²) in [6, 6.07) is 3.95. The maximum atomic E-state index is 12.1. The second-order valence-corrected chi connectivity index (χ2v) is 8.15. The minimum atomic E-state index is -0.604. The molecule has 0 atom stereocenters. The van der Waals surface area contributed by atoms with Crippen molar-refractivity contribution < 1.29 is 19.1 Å². The van der Waals surface area contributed by atoms with Gasteiger partial charge in [0.1, 0.15) is 9.88 Å². The Bertz CT molecular complexity index is 951. The lowest BCUT2D eigenvalue weighted by Gasteiger charge is -2.06. The Morgan fingerprint density at radius 1 is 1.30 bits per heavy atom. The molecule has 0 aliphatic carbocycles. The number of carbonyl (C=O) groups excluding carboxylic acids is 2. The Morgan fingerprint density at radius 3 is 2.74 bits per heavy atom. The predicted octanol–water partition coefficient (Wildman–Crippen LogP) is 2.29. The van der Waals surface area contributed by atoms with E-state index in [0.29, 0.717) is 17.3 Å². The van der Waals surface area contributed by atoms with Crippen LogP contribution in [0, 0.1) is 0 Å². The molecule has 0 unspecified atom stereocenters. The summed E-state index contributed by atoms with van der Waals surface area (Å²) in [5.41, 5.74) is 6.56. The highest BCUT2D eigenvalue weighted by Crippen LogP contribution is 2.36. The average Bonchev–Trinajstić information content (AvgIpc) is 3.40.